The van der Waals surface area contributed by atoms with Crippen LogP contribution in [0.5, 0.6) is 0 Å². The molecule has 1 rings (SSSR count). The van der Waals surface area contributed by atoms with E-state index in [1.807, 2.05) is 0 Å². The molecule has 0 bridgehead atoms. The molecule has 1 N–H and O–H groups in total. The summed E-state index contributed by atoms with van der Waals surface area (Å²) in [5, 5.41) is -0.0892. The number of halogens is 2. The lowest BCUT2D eigenvalue weighted by molar-refractivity contribution is -0.140. The number of rotatable bonds is 6. The van der Waals surface area contributed by atoms with Crippen LogP contribution in [0.2, 0.25) is 5.02 Å². The Morgan fingerprint density at radius 2 is 2.16 bits per heavy atom. The van der Waals surface area contributed by atoms with Crippen LogP contribution in [0, 0.1) is 5.82 Å². The second-order valence-corrected chi connectivity index (χ2v) is 5.98. The molecule has 0 radical (unpaired) electrons. The third-order valence-corrected chi connectivity index (χ3v) is 3.89. The Morgan fingerprint density at radius 3 is 2.74 bits per heavy atom. The van der Waals surface area contributed by atoms with Gasteiger partial charge in [0.25, 0.3) is 0 Å². The van der Waals surface area contributed by atoms with E-state index in [-0.39, 0.29) is 29.3 Å². The summed E-state index contributed by atoms with van der Waals surface area (Å²) >= 11 is 5.48. The molecule has 0 aliphatic carbocycles. The van der Waals surface area contributed by atoms with E-state index in [4.69, 9.17) is 11.6 Å². The van der Waals surface area contributed by atoms with Gasteiger partial charge in [-0.3, -0.25) is 9.52 Å². The molecule has 0 atom stereocenters. The molecule has 0 aliphatic heterocycles. The van der Waals surface area contributed by atoms with Crippen molar-refractivity contribution in [3.8, 4) is 0 Å². The maximum absolute atomic E-state index is 13.1. The first-order chi connectivity index (χ1) is 8.84. The minimum absolute atomic E-state index is 0.00634. The molecule has 1 aromatic carbocycles. The van der Waals surface area contributed by atoms with Crippen LogP contribution >= 0.6 is 11.6 Å². The van der Waals surface area contributed by atoms with Crippen LogP contribution in [0.25, 0.3) is 0 Å². The van der Waals surface area contributed by atoms with Crippen molar-refractivity contribution in [3.05, 3.63) is 29.0 Å². The highest BCUT2D eigenvalue weighted by atomic mass is 35.5. The number of nitrogens with one attached hydrogen (secondary N) is 1. The molecule has 0 aromatic heterocycles. The summed E-state index contributed by atoms with van der Waals surface area (Å²) in [6, 6.07) is 3.59. The van der Waals surface area contributed by atoms with Crippen LogP contribution in [0.4, 0.5) is 10.1 Å². The topological polar surface area (TPSA) is 72.5 Å². The quantitative estimate of drug-likeness (QED) is 0.817. The Hall–Kier alpha value is -1.34. The van der Waals surface area contributed by atoms with Crippen molar-refractivity contribution < 1.29 is 22.3 Å². The average molecular weight is 310 g/mol. The zero-order chi connectivity index (χ0) is 14.5. The molecule has 0 saturated carbocycles. The number of ether oxygens (including phenoxy) is 1. The molecule has 106 valence electrons. The number of esters is 1. The summed E-state index contributed by atoms with van der Waals surface area (Å²) in [7, 11) is -2.41. The Bertz CT molecular complexity index is 562. The molecule has 0 spiro atoms. The van der Waals surface area contributed by atoms with Crippen LogP contribution in [-0.4, -0.2) is 27.2 Å². The summed E-state index contributed by atoms with van der Waals surface area (Å²) in [6.07, 6.45) is 0.129. The molecule has 0 amide bonds. The number of anilines is 1. The van der Waals surface area contributed by atoms with Gasteiger partial charge in [0.05, 0.1) is 23.6 Å². The lowest BCUT2D eigenvalue weighted by Crippen LogP contribution is -2.17. The van der Waals surface area contributed by atoms with Crippen molar-refractivity contribution in [2.24, 2.45) is 0 Å². The molecule has 8 heteroatoms. The van der Waals surface area contributed by atoms with Gasteiger partial charge in [0.15, 0.2) is 0 Å². The molecule has 0 fully saturated rings. The zero-order valence-electron chi connectivity index (χ0n) is 10.2. The first kappa shape index (κ1) is 15.7. The molecule has 0 heterocycles. The Kier molecular flexibility index (Phi) is 5.56. The predicted molar refractivity (Wildman–Crippen MR) is 70.1 cm³/mol. The second kappa shape index (κ2) is 6.72. The summed E-state index contributed by atoms with van der Waals surface area (Å²) < 4.78 is 43.0. The van der Waals surface area contributed by atoms with Crippen LogP contribution in [-0.2, 0) is 19.6 Å². The Morgan fingerprint density at radius 1 is 1.47 bits per heavy atom. The smallest absolute Gasteiger partial charge is 0.305 e. The number of sulfonamides is 1. The highest BCUT2D eigenvalue weighted by molar-refractivity contribution is 7.92. The maximum Gasteiger partial charge on any atom is 0.305 e. The SMILES string of the molecule is COC(=O)CCCS(=O)(=O)Nc1ccc(Cl)c(F)c1. The van der Waals surface area contributed by atoms with Crippen molar-refractivity contribution in [3.63, 3.8) is 0 Å². The molecule has 0 saturated heterocycles. The third kappa shape index (κ3) is 5.44. The van der Waals surface area contributed by atoms with Gasteiger partial charge in [-0.1, -0.05) is 11.6 Å². The fourth-order valence-corrected chi connectivity index (χ4v) is 2.53. The molecule has 1 aromatic rings. The van der Waals surface area contributed by atoms with Crippen molar-refractivity contribution in [1.82, 2.24) is 0 Å². The number of carbonyl (C=O) groups excluding carboxylic acids is 1. The van der Waals surface area contributed by atoms with Gasteiger partial charge in [-0.05, 0) is 24.6 Å². The van der Waals surface area contributed by atoms with Gasteiger partial charge in [0.2, 0.25) is 10.0 Å². The van der Waals surface area contributed by atoms with Gasteiger partial charge in [-0.25, -0.2) is 12.8 Å². The van der Waals surface area contributed by atoms with E-state index in [1.165, 1.54) is 19.2 Å². The molecule has 0 aliphatic rings. The van der Waals surface area contributed by atoms with Crippen LogP contribution in [0.15, 0.2) is 18.2 Å². The lowest BCUT2D eigenvalue weighted by atomic mass is 10.3. The third-order valence-electron chi connectivity index (χ3n) is 2.21. The number of methoxy groups -OCH3 is 1. The van der Waals surface area contributed by atoms with Crippen LogP contribution < -0.4 is 4.72 Å². The molecule has 19 heavy (non-hydrogen) atoms. The van der Waals surface area contributed by atoms with Crippen LogP contribution in [0.1, 0.15) is 12.8 Å². The zero-order valence-corrected chi connectivity index (χ0v) is 11.7. The summed E-state index contributed by atoms with van der Waals surface area (Å²) in [6.45, 7) is 0. The van der Waals surface area contributed by atoms with Gasteiger partial charge in [-0.15, -0.1) is 0 Å². The van der Waals surface area contributed by atoms with Gasteiger partial charge in [0.1, 0.15) is 5.82 Å². The number of carbonyl (C=O) groups is 1. The summed E-state index contributed by atoms with van der Waals surface area (Å²) in [5.41, 5.74) is 0.0833. The van der Waals surface area contributed by atoms with E-state index in [0.29, 0.717) is 0 Å². The van der Waals surface area contributed by atoms with E-state index in [1.54, 1.807) is 0 Å². The second-order valence-electron chi connectivity index (χ2n) is 3.73. The predicted octanol–water partition coefficient (Wildman–Crippen LogP) is 2.17. The van der Waals surface area contributed by atoms with E-state index in [0.717, 1.165) is 6.07 Å². The maximum atomic E-state index is 13.1. The Balaban J connectivity index is 2.59. The monoisotopic (exact) mass is 309 g/mol. The van der Waals surface area contributed by atoms with Crippen molar-refractivity contribution in [1.29, 1.82) is 0 Å². The van der Waals surface area contributed by atoms with Crippen molar-refractivity contribution >= 4 is 33.3 Å². The van der Waals surface area contributed by atoms with Gasteiger partial charge >= 0.3 is 5.97 Å². The highest BCUT2D eigenvalue weighted by Crippen LogP contribution is 2.19. The van der Waals surface area contributed by atoms with E-state index in [2.05, 4.69) is 9.46 Å². The lowest BCUT2D eigenvalue weighted by Gasteiger charge is -2.08. The fraction of sp³-hybridized carbons (Fsp3) is 0.364. The minimum Gasteiger partial charge on any atom is -0.469 e. The molecular formula is C11H13ClFNO4S. The molecule has 0 unspecified atom stereocenters. The van der Waals surface area contributed by atoms with Gasteiger partial charge < -0.3 is 4.74 Å². The highest BCUT2D eigenvalue weighted by Gasteiger charge is 2.13. The summed E-state index contributed by atoms with van der Waals surface area (Å²) in [5.74, 6) is -1.45. The first-order valence-electron chi connectivity index (χ1n) is 5.36. The number of benzene rings is 1. The average Bonchev–Trinajstić information content (AvgIpc) is 2.33. The summed E-state index contributed by atoms with van der Waals surface area (Å²) in [4.78, 5) is 10.8. The fourth-order valence-electron chi connectivity index (χ4n) is 1.30. The number of hydrogen-bond acceptors (Lipinski definition) is 4. The Labute approximate surface area is 115 Å². The minimum atomic E-state index is -3.64. The van der Waals surface area contributed by atoms with E-state index in [9.17, 15) is 17.6 Å². The molecular weight excluding hydrogens is 297 g/mol. The van der Waals surface area contributed by atoms with Crippen LogP contribution in [0.3, 0.4) is 0 Å². The number of hydrogen-bond donors (Lipinski definition) is 1. The van der Waals surface area contributed by atoms with Crippen molar-refractivity contribution in [2.45, 2.75) is 12.8 Å². The van der Waals surface area contributed by atoms with E-state index >= 15 is 0 Å². The van der Waals surface area contributed by atoms with Crippen molar-refractivity contribution in [2.75, 3.05) is 17.6 Å². The normalized spacial score (nSPS) is 11.1. The van der Waals surface area contributed by atoms with Gasteiger partial charge in [-0.2, -0.15) is 0 Å². The van der Waals surface area contributed by atoms with Gasteiger partial charge in [0, 0.05) is 6.42 Å². The van der Waals surface area contributed by atoms with E-state index < -0.39 is 21.8 Å². The standard InChI is InChI=1S/C11H13ClFNO4S/c1-18-11(15)3-2-6-19(16,17)14-8-4-5-9(12)10(13)7-8/h4-5,7,14H,2-3,6H2,1H3. The largest absolute Gasteiger partial charge is 0.469 e. The molecule has 5 nitrogen and oxygen atoms in total. The first-order valence-corrected chi connectivity index (χ1v) is 7.39.